The summed E-state index contributed by atoms with van der Waals surface area (Å²) in [7, 11) is -2.24. The summed E-state index contributed by atoms with van der Waals surface area (Å²) < 4.78 is 77.4. The van der Waals surface area contributed by atoms with E-state index >= 15 is 9.59 Å². The minimum absolute atomic E-state index is 0.0597. The average molecular weight is 1630 g/mol. The van der Waals surface area contributed by atoms with E-state index in [-0.39, 0.29) is 59.1 Å². The van der Waals surface area contributed by atoms with Crippen LogP contribution >= 0.6 is 23.2 Å². The minimum atomic E-state index is -0.653. The molecule has 626 valence electrons. The summed E-state index contributed by atoms with van der Waals surface area (Å²) in [4.78, 5) is 30.7. The summed E-state index contributed by atoms with van der Waals surface area (Å²) in [6, 6.07) is 38.5. The number of hydrogen-bond acceptors (Lipinski definition) is 14. The number of esters is 2. The van der Waals surface area contributed by atoms with Crippen molar-refractivity contribution in [2.75, 3.05) is 0 Å². The number of halogens is 2. The van der Waals surface area contributed by atoms with Crippen molar-refractivity contribution in [3.8, 4) is 11.5 Å². The van der Waals surface area contributed by atoms with Gasteiger partial charge in [-0.25, -0.2) is 9.59 Å². The summed E-state index contributed by atoms with van der Waals surface area (Å²) >= 11 is 15.3. The fraction of sp³-hybridized carbons (Fsp3) is 0.588. The molecule has 0 aromatic heterocycles. The molecule has 8 aliphatic rings. The normalized spacial score (nSPS) is 27.0. The summed E-state index contributed by atoms with van der Waals surface area (Å²) in [6.07, 6.45) is 19.7. The van der Waals surface area contributed by atoms with Gasteiger partial charge in [0.15, 0.2) is 11.5 Å². The minimum Gasteiger partial charge on any atom is -0.486 e. The highest BCUT2D eigenvalue weighted by Crippen LogP contribution is 2.69. The Morgan fingerprint density at radius 1 is 0.436 bits per heavy atom. The monoisotopic (exact) mass is 1630 g/mol. The maximum Gasteiger partial charge on any atom is 0.494 e. The van der Waals surface area contributed by atoms with Crippen LogP contribution in [-0.4, -0.2) is 85.2 Å². The molecule has 4 saturated carbocycles. The molecule has 0 bridgehead atoms. The number of allylic oxidation sites excluding steroid dienone is 1. The average Bonchev–Trinajstić information content (AvgIpc) is 1.69. The highest BCUT2D eigenvalue weighted by Gasteiger charge is 2.62. The number of carbonyl (C=O) groups excluding carboxylic acids is 2. The largest absolute Gasteiger partial charge is 0.494 e. The molecule has 8 fully saturated rings. The van der Waals surface area contributed by atoms with Gasteiger partial charge in [-0.2, -0.15) is 0 Å². The molecule has 6 aromatic carbocycles. The molecule has 6 aromatic rings. The van der Waals surface area contributed by atoms with Crippen molar-refractivity contribution in [3.05, 3.63) is 182 Å². The van der Waals surface area contributed by atoms with Crippen molar-refractivity contribution in [3.63, 3.8) is 0 Å². The van der Waals surface area contributed by atoms with Crippen LogP contribution in [0.2, 0.25) is 10.0 Å². The van der Waals surface area contributed by atoms with E-state index in [9.17, 15) is 0 Å². The van der Waals surface area contributed by atoms with Crippen molar-refractivity contribution >= 4 is 91.0 Å². The summed E-state index contributed by atoms with van der Waals surface area (Å²) in [5.41, 5.74) is 5.30. The molecule has 4 saturated heterocycles. The van der Waals surface area contributed by atoms with Crippen molar-refractivity contribution in [2.24, 2.45) is 58.2 Å². The third-order valence-corrected chi connectivity index (χ3v) is 31.1. The molecule has 0 N–H and O–H groups in total. The van der Waals surface area contributed by atoms with Crippen LogP contribution in [0.5, 0.6) is 11.5 Å². The quantitative estimate of drug-likeness (QED) is 0.0375. The van der Waals surface area contributed by atoms with E-state index in [1.807, 2.05) is 220 Å². The molecule has 5 unspecified atom stereocenters. The smallest absolute Gasteiger partial charge is 0.486 e. The third-order valence-electron chi connectivity index (χ3n) is 30.6. The van der Waals surface area contributed by atoms with Gasteiger partial charge in [-0.15, -0.1) is 0 Å². The van der Waals surface area contributed by atoms with Crippen molar-refractivity contribution in [1.29, 1.82) is 0 Å². The first kappa shape index (κ1) is 87.5. The van der Waals surface area contributed by atoms with Crippen molar-refractivity contribution in [2.45, 2.75) is 307 Å². The molecular formula is C97H128B4Cl2O14. The molecule has 20 heteroatoms. The zero-order chi connectivity index (χ0) is 84.0. The van der Waals surface area contributed by atoms with Crippen LogP contribution in [0, 0.1) is 58.2 Å². The van der Waals surface area contributed by atoms with Gasteiger partial charge >= 0.3 is 40.4 Å². The molecular weight excluding hydrogens is 1500 g/mol. The van der Waals surface area contributed by atoms with Gasteiger partial charge in [0.05, 0.1) is 54.9 Å². The molecule has 0 amide bonds. The first-order valence-electron chi connectivity index (χ1n) is 43.7. The Kier molecular flexibility index (Phi) is 25.0. The Balaban J connectivity index is 0.795. The zero-order valence-corrected chi connectivity index (χ0v) is 75.3. The van der Waals surface area contributed by atoms with E-state index in [0.29, 0.717) is 45.8 Å². The highest BCUT2D eigenvalue weighted by atomic mass is 35.5. The van der Waals surface area contributed by atoms with Gasteiger partial charge in [-0.3, -0.25) is 0 Å². The van der Waals surface area contributed by atoms with Gasteiger partial charge in [-0.05, 0) is 325 Å². The van der Waals surface area contributed by atoms with E-state index in [1.54, 1.807) is 12.1 Å². The van der Waals surface area contributed by atoms with Gasteiger partial charge in [0.2, 0.25) is 0 Å². The topological polar surface area (TPSA) is 145 Å². The second-order valence-corrected chi connectivity index (χ2v) is 41.6. The predicted octanol–water partition coefficient (Wildman–Crippen LogP) is 21.0. The molecule has 4 aliphatic heterocycles. The Hall–Kier alpha value is -5.88. The van der Waals surface area contributed by atoms with Crippen LogP contribution in [0.3, 0.4) is 0 Å². The van der Waals surface area contributed by atoms with Crippen LogP contribution in [0.15, 0.2) is 127 Å². The first-order valence-corrected chi connectivity index (χ1v) is 44.5. The van der Waals surface area contributed by atoms with E-state index in [4.69, 9.17) is 79.4 Å². The molecule has 14 nitrogen and oxygen atoms in total. The number of ether oxygens (including phenoxy) is 4. The SMILES string of the molecule is CC(C)CCCC(C)[C@H]1CCC2C3CCC4C[C@@H](CCC=C(c5cc(Cl)c(OCc6ccc(B7OC(C)(C)C(C)(C)O7)cc6)c(C(=O)OCc6ccc(B7OC(C)(C)C(C)(C)O7)cc6)c5)c5cc(Cl)c(OCc6ccc(B7OC(C)(C)C(C)(C)O7)cc6)c(C(=O)OCc6ccc(B7OC(C)(C)C(C)(C)O7)cc6)c5)CC[C@]4(C)C3CC[C@@]21C. The Morgan fingerprint density at radius 2 is 0.795 bits per heavy atom. The number of hydrogen-bond donors (Lipinski definition) is 0. The first-order chi connectivity index (χ1) is 55.0. The summed E-state index contributed by atoms with van der Waals surface area (Å²) in [6.45, 7) is 45.3. The standard InChI is InChI=1S/C97H128B4Cl2O14/c1-61(2)24-22-25-62(3)79-46-47-80-76-45-36-70-52-63(48-50-96(70,20)81(76)49-51-97(79,80)21)26-23-27-75(68-53-77(86(104)108-59-66-32-41-73(42-33-66)100-114-92(12,13)93(14,15)115-100)84(82(102)55-68)106-57-64-28-37-71(38-29-64)98-110-88(4,5)89(6,7)111-98)69-54-78(87(105)109-60-67-34-43-74(44-35-67)101-116-94(16,17)95(18,19)117-101)85(83(103)56-69)107-58-65-30-39-72(40-31-65)99-112-90(8,9)91(10,11)113-99/h27-35,37-44,53-56,61-63,70,76,79-81H,22-26,36,45-52,57-60H2,1-21H3/t62?,63-,70?,76?,79+,80?,81?,96-,97+/m0/s1. The molecule has 4 heterocycles. The van der Waals surface area contributed by atoms with E-state index in [2.05, 4.69) is 40.7 Å². The highest BCUT2D eigenvalue weighted by molar-refractivity contribution is 6.63. The lowest BCUT2D eigenvalue weighted by molar-refractivity contribution is -0.121. The number of fused-ring (bicyclic) bond motifs is 5. The van der Waals surface area contributed by atoms with Gasteiger partial charge < -0.3 is 56.2 Å². The van der Waals surface area contributed by atoms with Crippen molar-refractivity contribution < 1.29 is 65.8 Å². The van der Waals surface area contributed by atoms with Crippen molar-refractivity contribution in [1.82, 2.24) is 0 Å². The lowest BCUT2D eigenvalue weighted by Gasteiger charge is -2.61. The number of rotatable bonds is 26. The van der Waals surface area contributed by atoms with Crippen LogP contribution in [0.1, 0.15) is 289 Å². The van der Waals surface area contributed by atoms with E-state index < -0.39 is 85.2 Å². The van der Waals surface area contributed by atoms with Gasteiger partial charge in [0.25, 0.3) is 0 Å². The molecule has 0 radical (unpaired) electrons. The molecule has 14 rings (SSSR count). The second kappa shape index (κ2) is 33.4. The molecule has 4 aliphatic carbocycles. The Labute approximate surface area is 710 Å². The fourth-order valence-electron chi connectivity index (χ4n) is 20.4. The second-order valence-electron chi connectivity index (χ2n) is 40.7. The van der Waals surface area contributed by atoms with E-state index in [1.165, 1.54) is 77.0 Å². The molecule has 0 spiro atoms. The van der Waals surface area contributed by atoms with Crippen LogP contribution in [0.4, 0.5) is 0 Å². The zero-order valence-electron chi connectivity index (χ0n) is 73.8. The Bertz CT molecular complexity index is 4300. The molecule has 117 heavy (non-hydrogen) atoms. The van der Waals surface area contributed by atoms with Gasteiger partial charge in [-0.1, -0.05) is 180 Å². The maximum absolute atomic E-state index is 15.4. The lowest BCUT2D eigenvalue weighted by Crippen LogP contribution is -2.53. The predicted molar refractivity (Wildman–Crippen MR) is 471 cm³/mol. The van der Waals surface area contributed by atoms with Gasteiger partial charge in [0, 0.05) is 0 Å². The Morgan fingerprint density at radius 3 is 1.17 bits per heavy atom. The van der Waals surface area contributed by atoms with E-state index in [0.717, 1.165) is 86.0 Å². The lowest BCUT2D eigenvalue weighted by atomic mass is 9.44. The van der Waals surface area contributed by atoms with Crippen LogP contribution in [-0.2, 0) is 73.1 Å². The molecule has 9 atom stereocenters. The summed E-state index contributed by atoms with van der Waals surface area (Å²) in [5.74, 6) is 4.96. The maximum atomic E-state index is 15.4. The van der Waals surface area contributed by atoms with Crippen LogP contribution in [0.25, 0.3) is 5.57 Å². The third kappa shape index (κ3) is 17.9. The number of benzene rings is 6. The summed E-state index contributed by atoms with van der Waals surface area (Å²) in [5, 5.41) is 0.361. The number of carbonyl (C=O) groups is 2. The van der Waals surface area contributed by atoms with Crippen LogP contribution < -0.4 is 31.3 Å². The van der Waals surface area contributed by atoms with Gasteiger partial charge in [0.1, 0.15) is 37.6 Å². The fourth-order valence-corrected chi connectivity index (χ4v) is 20.9.